The van der Waals surface area contributed by atoms with Crippen molar-refractivity contribution in [3.8, 4) is 6.01 Å². The average molecular weight is 181 g/mol. The summed E-state index contributed by atoms with van der Waals surface area (Å²) in [6, 6.07) is 0.445. The molecule has 0 amide bonds. The Kier molecular flexibility index (Phi) is 3.64. The van der Waals surface area contributed by atoms with Crippen molar-refractivity contribution in [2.45, 2.75) is 20.3 Å². The summed E-state index contributed by atoms with van der Waals surface area (Å²) < 4.78 is 5.17. The molecule has 0 aliphatic heterocycles. The van der Waals surface area contributed by atoms with Crippen molar-refractivity contribution < 1.29 is 4.74 Å². The molecule has 0 bridgehead atoms. The Morgan fingerprint density at radius 1 is 1.54 bits per heavy atom. The van der Waals surface area contributed by atoms with Gasteiger partial charge in [-0.3, -0.25) is 0 Å². The monoisotopic (exact) mass is 181 g/mol. The van der Waals surface area contributed by atoms with Gasteiger partial charge in [-0.1, -0.05) is 0 Å². The molecule has 72 valence electrons. The van der Waals surface area contributed by atoms with E-state index in [0.29, 0.717) is 19.2 Å². The zero-order valence-corrected chi connectivity index (χ0v) is 8.08. The molecule has 0 unspecified atom stereocenters. The first-order chi connectivity index (χ1) is 6.27. The molecule has 0 radical (unpaired) electrons. The van der Waals surface area contributed by atoms with Crippen LogP contribution in [0.25, 0.3) is 0 Å². The van der Waals surface area contributed by atoms with Gasteiger partial charge in [-0.2, -0.15) is 0 Å². The van der Waals surface area contributed by atoms with Crippen LogP contribution in [0, 0.1) is 6.92 Å². The molecule has 4 heteroatoms. The Morgan fingerprint density at radius 3 is 2.85 bits per heavy atom. The molecule has 0 saturated carbocycles. The van der Waals surface area contributed by atoms with E-state index >= 15 is 0 Å². The minimum Gasteiger partial charge on any atom is -0.464 e. The fourth-order valence-electron chi connectivity index (χ4n) is 1.07. The maximum Gasteiger partial charge on any atom is 0.316 e. The number of aryl methyl sites for hydroxylation is 1. The van der Waals surface area contributed by atoms with Crippen LogP contribution in [0.2, 0.25) is 0 Å². The zero-order valence-electron chi connectivity index (χ0n) is 8.08. The fourth-order valence-corrected chi connectivity index (χ4v) is 1.07. The van der Waals surface area contributed by atoms with Gasteiger partial charge in [-0.15, -0.1) is 0 Å². The molecule has 4 nitrogen and oxygen atoms in total. The summed E-state index contributed by atoms with van der Waals surface area (Å²) in [5.74, 6) is 0. The fraction of sp³-hybridized carbons (Fsp3) is 0.556. The lowest BCUT2D eigenvalue weighted by Crippen LogP contribution is -2.07. The van der Waals surface area contributed by atoms with Crippen molar-refractivity contribution in [1.82, 2.24) is 9.97 Å². The highest BCUT2D eigenvalue weighted by Crippen LogP contribution is 2.08. The summed E-state index contributed by atoms with van der Waals surface area (Å²) >= 11 is 0. The van der Waals surface area contributed by atoms with Crippen molar-refractivity contribution in [1.29, 1.82) is 0 Å². The van der Waals surface area contributed by atoms with Crippen molar-refractivity contribution in [2.24, 2.45) is 5.73 Å². The Balaban J connectivity index is 2.79. The van der Waals surface area contributed by atoms with Crippen LogP contribution in [0.15, 0.2) is 6.20 Å². The number of rotatable bonds is 4. The third kappa shape index (κ3) is 2.66. The normalized spacial score (nSPS) is 10.1. The predicted octanol–water partition coefficient (Wildman–Crippen LogP) is 0.685. The predicted molar refractivity (Wildman–Crippen MR) is 50.7 cm³/mol. The molecule has 0 aliphatic carbocycles. The van der Waals surface area contributed by atoms with E-state index in [1.807, 2.05) is 13.8 Å². The Bertz CT molecular complexity index is 276. The van der Waals surface area contributed by atoms with Crippen LogP contribution in [0.3, 0.4) is 0 Å². The summed E-state index contributed by atoms with van der Waals surface area (Å²) in [6.45, 7) is 5.07. The quantitative estimate of drug-likeness (QED) is 0.742. The number of nitrogens with two attached hydrogens (primary N) is 1. The molecule has 0 atom stereocenters. The first-order valence-corrected chi connectivity index (χ1v) is 4.43. The molecule has 2 N–H and O–H groups in total. The number of ether oxygens (including phenoxy) is 1. The van der Waals surface area contributed by atoms with Gasteiger partial charge < -0.3 is 10.5 Å². The molecule has 0 aliphatic rings. The highest BCUT2D eigenvalue weighted by atomic mass is 16.5. The van der Waals surface area contributed by atoms with Crippen LogP contribution in [-0.2, 0) is 6.42 Å². The summed E-state index contributed by atoms with van der Waals surface area (Å²) in [6.07, 6.45) is 2.60. The summed E-state index contributed by atoms with van der Waals surface area (Å²) in [5, 5.41) is 0. The van der Waals surface area contributed by atoms with E-state index in [-0.39, 0.29) is 0 Å². The zero-order chi connectivity index (χ0) is 9.68. The second-order valence-electron chi connectivity index (χ2n) is 2.73. The average Bonchev–Trinajstić information content (AvgIpc) is 2.10. The number of hydrogen-bond acceptors (Lipinski definition) is 4. The Morgan fingerprint density at radius 2 is 2.31 bits per heavy atom. The van der Waals surface area contributed by atoms with Gasteiger partial charge in [0.25, 0.3) is 0 Å². The van der Waals surface area contributed by atoms with Gasteiger partial charge in [0.2, 0.25) is 0 Å². The van der Waals surface area contributed by atoms with Gasteiger partial charge in [-0.05, 0) is 32.4 Å². The summed E-state index contributed by atoms with van der Waals surface area (Å²) in [4.78, 5) is 8.25. The molecule has 0 fully saturated rings. The molecule has 13 heavy (non-hydrogen) atoms. The van der Waals surface area contributed by atoms with Gasteiger partial charge in [-0.25, -0.2) is 9.97 Å². The molecule has 1 heterocycles. The summed E-state index contributed by atoms with van der Waals surface area (Å²) in [5.41, 5.74) is 7.48. The van der Waals surface area contributed by atoms with Crippen LogP contribution in [0.1, 0.15) is 18.2 Å². The van der Waals surface area contributed by atoms with Crippen molar-refractivity contribution in [3.05, 3.63) is 17.5 Å². The van der Waals surface area contributed by atoms with Gasteiger partial charge in [0.05, 0.1) is 6.61 Å². The highest BCUT2D eigenvalue weighted by molar-refractivity contribution is 5.18. The van der Waals surface area contributed by atoms with E-state index in [1.54, 1.807) is 6.20 Å². The van der Waals surface area contributed by atoms with Gasteiger partial charge >= 0.3 is 6.01 Å². The topological polar surface area (TPSA) is 61.0 Å². The lowest BCUT2D eigenvalue weighted by Gasteiger charge is -2.05. The molecule has 1 rings (SSSR count). The molecule has 0 spiro atoms. The number of aromatic nitrogens is 2. The van der Waals surface area contributed by atoms with Crippen molar-refractivity contribution >= 4 is 0 Å². The van der Waals surface area contributed by atoms with E-state index in [0.717, 1.165) is 17.7 Å². The third-order valence-corrected chi connectivity index (χ3v) is 1.75. The van der Waals surface area contributed by atoms with E-state index in [9.17, 15) is 0 Å². The molecule has 1 aromatic heterocycles. The summed E-state index contributed by atoms with van der Waals surface area (Å²) in [7, 11) is 0. The van der Waals surface area contributed by atoms with Crippen LogP contribution in [-0.4, -0.2) is 23.1 Å². The van der Waals surface area contributed by atoms with Crippen molar-refractivity contribution in [3.63, 3.8) is 0 Å². The standard InChI is InChI=1S/C9H15N3O/c1-3-13-9-11-6-8(4-5-10)7(2)12-9/h6H,3-5,10H2,1-2H3. The van der Waals surface area contributed by atoms with Crippen LogP contribution in [0.5, 0.6) is 6.01 Å². The molecular weight excluding hydrogens is 166 g/mol. The lowest BCUT2D eigenvalue weighted by molar-refractivity contribution is 0.311. The van der Waals surface area contributed by atoms with Crippen LogP contribution >= 0.6 is 0 Å². The molecule has 1 aromatic rings. The maximum absolute atomic E-state index is 5.44. The minimum atomic E-state index is 0.445. The Hall–Kier alpha value is -1.16. The smallest absolute Gasteiger partial charge is 0.316 e. The SMILES string of the molecule is CCOc1ncc(CCN)c(C)n1. The molecule has 0 saturated heterocycles. The first-order valence-electron chi connectivity index (χ1n) is 4.43. The van der Waals surface area contributed by atoms with E-state index in [1.165, 1.54) is 0 Å². The second kappa shape index (κ2) is 4.77. The van der Waals surface area contributed by atoms with E-state index in [4.69, 9.17) is 10.5 Å². The van der Waals surface area contributed by atoms with Crippen LogP contribution < -0.4 is 10.5 Å². The molecular formula is C9H15N3O. The van der Waals surface area contributed by atoms with E-state index < -0.39 is 0 Å². The van der Waals surface area contributed by atoms with Crippen molar-refractivity contribution in [2.75, 3.05) is 13.2 Å². The van der Waals surface area contributed by atoms with Gasteiger partial charge in [0.15, 0.2) is 0 Å². The maximum atomic E-state index is 5.44. The van der Waals surface area contributed by atoms with Crippen LogP contribution in [0.4, 0.5) is 0 Å². The largest absolute Gasteiger partial charge is 0.464 e. The molecule has 0 aromatic carbocycles. The van der Waals surface area contributed by atoms with Gasteiger partial charge in [0, 0.05) is 11.9 Å². The minimum absolute atomic E-state index is 0.445. The number of hydrogen-bond donors (Lipinski definition) is 1. The van der Waals surface area contributed by atoms with Gasteiger partial charge in [0.1, 0.15) is 0 Å². The lowest BCUT2D eigenvalue weighted by atomic mass is 10.2. The first kappa shape index (κ1) is 9.92. The number of nitrogens with zero attached hydrogens (tertiary/aromatic N) is 2. The Labute approximate surface area is 78.1 Å². The third-order valence-electron chi connectivity index (χ3n) is 1.75. The van der Waals surface area contributed by atoms with E-state index in [2.05, 4.69) is 9.97 Å². The second-order valence-corrected chi connectivity index (χ2v) is 2.73. The highest BCUT2D eigenvalue weighted by Gasteiger charge is 2.02.